The van der Waals surface area contributed by atoms with E-state index in [-0.39, 0.29) is 24.0 Å². The van der Waals surface area contributed by atoms with E-state index in [1.807, 2.05) is 0 Å². The van der Waals surface area contributed by atoms with Crippen LogP contribution in [0, 0.1) is 23.7 Å². The Morgan fingerprint density at radius 2 is 1.23 bits per heavy atom. The fourth-order valence-corrected chi connectivity index (χ4v) is 3.34. The van der Waals surface area contributed by atoms with E-state index in [4.69, 9.17) is 0 Å². The molecule has 0 saturated heterocycles. The average Bonchev–Trinajstić information content (AvgIpc) is 2.70. The number of hydrogen-bond donors (Lipinski definition) is 2. The van der Waals surface area contributed by atoms with Crippen molar-refractivity contribution < 1.29 is 10.2 Å². The molecule has 0 aromatic heterocycles. The Bertz CT molecular complexity index is 256. The first-order valence-corrected chi connectivity index (χ1v) is 5.00. The molecule has 2 N–H and O–H groups in total. The van der Waals surface area contributed by atoms with Crippen molar-refractivity contribution in [3.8, 4) is 0 Å². The van der Waals surface area contributed by atoms with Crippen LogP contribution in [0.1, 0.15) is 6.42 Å². The first-order chi connectivity index (χ1) is 6.27. The van der Waals surface area contributed by atoms with E-state index in [0.29, 0.717) is 11.8 Å². The lowest BCUT2D eigenvalue weighted by atomic mass is 9.73. The summed E-state index contributed by atoms with van der Waals surface area (Å²) in [5.41, 5.74) is 0. The summed E-state index contributed by atoms with van der Waals surface area (Å²) in [6.45, 7) is 0. The zero-order valence-corrected chi connectivity index (χ0v) is 7.38. The Morgan fingerprint density at radius 3 is 1.69 bits per heavy atom. The zero-order chi connectivity index (χ0) is 9.00. The standard InChI is InChI=1S/C11H14O2/c12-8-3-4-9(13)11-7-2-1-6(5-7)10(8)11/h1-4,6-13H,5H2. The van der Waals surface area contributed by atoms with Crippen molar-refractivity contribution >= 4 is 0 Å². The number of hydrogen-bond acceptors (Lipinski definition) is 2. The van der Waals surface area contributed by atoms with E-state index < -0.39 is 0 Å². The molecule has 3 aliphatic rings. The zero-order valence-electron chi connectivity index (χ0n) is 7.38. The second kappa shape index (κ2) is 2.46. The van der Waals surface area contributed by atoms with Crippen LogP contribution in [0.4, 0.5) is 0 Å². The summed E-state index contributed by atoms with van der Waals surface area (Å²) in [5.74, 6) is 1.55. The quantitative estimate of drug-likeness (QED) is 0.536. The average molecular weight is 178 g/mol. The monoisotopic (exact) mass is 178 g/mol. The molecule has 3 rings (SSSR count). The minimum atomic E-state index is -0.339. The fraction of sp³-hybridized carbons (Fsp3) is 0.636. The van der Waals surface area contributed by atoms with Crippen LogP contribution < -0.4 is 0 Å². The maximum absolute atomic E-state index is 9.79. The summed E-state index contributed by atoms with van der Waals surface area (Å²) in [6.07, 6.45) is 8.37. The van der Waals surface area contributed by atoms with Gasteiger partial charge in [-0.2, -0.15) is 0 Å². The van der Waals surface area contributed by atoms with Gasteiger partial charge >= 0.3 is 0 Å². The molecule has 1 saturated carbocycles. The molecule has 0 spiro atoms. The molecule has 0 aromatic rings. The van der Waals surface area contributed by atoms with Gasteiger partial charge in [-0.15, -0.1) is 0 Å². The van der Waals surface area contributed by atoms with Crippen LogP contribution in [0.15, 0.2) is 24.3 Å². The fourth-order valence-electron chi connectivity index (χ4n) is 3.34. The molecular formula is C11H14O2. The van der Waals surface area contributed by atoms with Gasteiger partial charge in [-0.05, 0) is 18.3 Å². The molecule has 3 aliphatic carbocycles. The Morgan fingerprint density at radius 1 is 0.769 bits per heavy atom. The highest BCUT2D eigenvalue weighted by Crippen LogP contribution is 2.52. The van der Waals surface area contributed by atoms with Crippen LogP contribution in [0.3, 0.4) is 0 Å². The van der Waals surface area contributed by atoms with E-state index in [0.717, 1.165) is 6.42 Å². The van der Waals surface area contributed by atoms with Gasteiger partial charge in [0.15, 0.2) is 0 Å². The lowest BCUT2D eigenvalue weighted by molar-refractivity contribution is 0.0277. The molecule has 0 aromatic carbocycles. The van der Waals surface area contributed by atoms with Crippen LogP contribution in [-0.4, -0.2) is 22.4 Å². The van der Waals surface area contributed by atoms with E-state index in [1.54, 1.807) is 12.2 Å². The first-order valence-electron chi connectivity index (χ1n) is 5.00. The maximum Gasteiger partial charge on any atom is 0.0759 e. The summed E-state index contributed by atoms with van der Waals surface area (Å²) in [6, 6.07) is 0. The van der Waals surface area contributed by atoms with Gasteiger partial charge in [0, 0.05) is 11.8 Å². The van der Waals surface area contributed by atoms with Crippen molar-refractivity contribution in [3.05, 3.63) is 24.3 Å². The molecule has 2 bridgehead atoms. The van der Waals surface area contributed by atoms with Gasteiger partial charge in [0.2, 0.25) is 0 Å². The van der Waals surface area contributed by atoms with Crippen LogP contribution in [0.5, 0.6) is 0 Å². The highest BCUT2D eigenvalue weighted by molar-refractivity contribution is 5.22. The minimum absolute atomic E-state index is 0.273. The topological polar surface area (TPSA) is 40.5 Å². The molecule has 13 heavy (non-hydrogen) atoms. The smallest absolute Gasteiger partial charge is 0.0759 e. The molecule has 0 amide bonds. The Labute approximate surface area is 77.6 Å². The molecule has 2 nitrogen and oxygen atoms in total. The number of rotatable bonds is 0. The second-order valence-corrected chi connectivity index (χ2v) is 4.47. The van der Waals surface area contributed by atoms with E-state index in [1.165, 1.54) is 0 Å². The van der Waals surface area contributed by atoms with Crippen molar-refractivity contribution in [1.29, 1.82) is 0 Å². The molecule has 2 heteroatoms. The normalized spacial score (nSPS) is 57.1. The van der Waals surface area contributed by atoms with Crippen molar-refractivity contribution in [1.82, 2.24) is 0 Å². The molecule has 6 unspecified atom stereocenters. The summed E-state index contributed by atoms with van der Waals surface area (Å²) in [7, 11) is 0. The summed E-state index contributed by atoms with van der Waals surface area (Å²) in [5, 5.41) is 19.6. The number of aliphatic hydroxyl groups is 2. The summed E-state index contributed by atoms with van der Waals surface area (Å²) in [4.78, 5) is 0. The van der Waals surface area contributed by atoms with Gasteiger partial charge < -0.3 is 10.2 Å². The number of aliphatic hydroxyl groups excluding tert-OH is 2. The van der Waals surface area contributed by atoms with Crippen LogP contribution in [-0.2, 0) is 0 Å². The summed E-state index contributed by atoms with van der Waals surface area (Å²) < 4.78 is 0. The Balaban J connectivity index is 2.00. The largest absolute Gasteiger partial charge is 0.389 e. The van der Waals surface area contributed by atoms with Gasteiger partial charge in [0.25, 0.3) is 0 Å². The summed E-state index contributed by atoms with van der Waals surface area (Å²) >= 11 is 0. The van der Waals surface area contributed by atoms with E-state index in [9.17, 15) is 10.2 Å². The van der Waals surface area contributed by atoms with Gasteiger partial charge in [-0.3, -0.25) is 0 Å². The third kappa shape index (κ3) is 0.903. The maximum atomic E-state index is 9.79. The molecule has 0 aliphatic heterocycles. The molecule has 1 fully saturated rings. The molecule has 0 heterocycles. The van der Waals surface area contributed by atoms with E-state index in [2.05, 4.69) is 12.2 Å². The highest BCUT2D eigenvalue weighted by atomic mass is 16.3. The van der Waals surface area contributed by atoms with Gasteiger partial charge in [0.1, 0.15) is 0 Å². The number of fused-ring (bicyclic) bond motifs is 5. The van der Waals surface area contributed by atoms with Crippen molar-refractivity contribution in [3.63, 3.8) is 0 Å². The predicted molar refractivity (Wildman–Crippen MR) is 48.9 cm³/mol. The van der Waals surface area contributed by atoms with Gasteiger partial charge in [-0.1, -0.05) is 24.3 Å². The third-order valence-corrected chi connectivity index (χ3v) is 3.88. The van der Waals surface area contributed by atoms with Gasteiger partial charge in [0.05, 0.1) is 12.2 Å². The van der Waals surface area contributed by atoms with Crippen molar-refractivity contribution in [2.45, 2.75) is 18.6 Å². The minimum Gasteiger partial charge on any atom is -0.389 e. The Hall–Kier alpha value is -0.600. The second-order valence-electron chi connectivity index (χ2n) is 4.47. The van der Waals surface area contributed by atoms with Crippen LogP contribution >= 0.6 is 0 Å². The lowest BCUT2D eigenvalue weighted by Crippen LogP contribution is -2.39. The van der Waals surface area contributed by atoms with Crippen molar-refractivity contribution in [2.24, 2.45) is 23.7 Å². The SMILES string of the molecule is OC1C=CC(O)C2C3C=CC(C3)C12. The van der Waals surface area contributed by atoms with Crippen molar-refractivity contribution in [2.75, 3.05) is 0 Å². The third-order valence-electron chi connectivity index (χ3n) is 3.88. The van der Waals surface area contributed by atoms with Gasteiger partial charge in [-0.25, -0.2) is 0 Å². The molecular weight excluding hydrogens is 164 g/mol. The molecule has 70 valence electrons. The Kier molecular flexibility index (Phi) is 1.47. The first kappa shape index (κ1) is 7.77. The van der Waals surface area contributed by atoms with Crippen LogP contribution in [0.25, 0.3) is 0 Å². The number of allylic oxidation sites excluding steroid dienone is 2. The highest BCUT2D eigenvalue weighted by Gasteiger charge is 2.50. The molecule has 0 radical (unpaired) electrons. The lowest BCUT2D eigenvalue weighted by Gasteiger charge is -2.36. The van der Waals surface area contributed by atoms with E-state index >= 15 is 0 Å². The predicted octanol–water partition coefficient (Wildman–Crippen LogP) is 0.716. The van der Waals surface area contributed by atoms with Crippen LogP contribution in [0.2, 0.25) is 0 Å². The molecule has 6 atom stereocenters.